The summed E-state index contributed by atoms with van der Waals surface area (Å²) in [6.45, 7) is 4.42. The molecule has 132 valence electrons. The highest BCUT2D eigenvalue weighted by Gasteiger charge is 2.17. The van der Waals surface area contributed by atoms with E-state index in [9.17, 15) is 19.7 Å². The largest absolute Gasteiger partial charge is 0.361 e. The Bertz CT molecular complexity index is 772. The summed E-state index contributed by atoms with van der Waals surface area (Å²) in [4.78, 5) is 30.9. The minimum atomic E-state index is -0.553. The van der Waals surface area contributed by atoms with Crippen molar-refractivity contribution in [3.63, 3.8) is 0 Å². The van der Waals surface area contributed by atoms with Crippen LogP contribution in [-0.4, -0.2) is 28.9 Å². The minimum absolute atomic E-state index is 0.137. The Labute approximate surface area is 143 Å². The van der Waals surface area contributed by atoms with Crippen molar-refractivity contribution < 1.29 is 19.0 Å². The smallest absolute Gasteiger partial charge is 0.292 e. The van der Waals surface area contributed by atoms with Gasteiger partial charge in [0.2, 0.25) is 12.3 Å². The van der Waals surface area contributed by atoms with Gasteiger partial charge in [-0.2, -0.15) is 0 Å². The summed E-state index contributed by atoms with van der Waals surface area (Å²) in [5, 5.41) is 19.7. The first-order chi connectivity index (χ1) is 11.9. The van der Waals surface area contributed by atoms with Crippen LogP contribution < -0.4 is 10.6 Å². The molecule has 25 heavy (non-hydrogen) atoms. The third kappa shape index (κ3) is 4.40. The number of hydrogen-bond donors (Lipinski definition) is 2. The molecule has 2 amide bonds. The van der Waals surface area contributed by atoms with Crippen molar-refractivity contribution in [2.75, 3.05) is 11.9 Å². The molecule has 9 heteroatoms. The number of benzene rings is 1. The molecule has 1 aliphatic rings. The zero-order chi connectivity index (χ0) is 18.4. The van der Waals surface area contributed by atoms with Gasteiger partial charge in [0.15, 0.2) is 0 Å². The van der Waals surface area contributed by atoms with Gasteiger partial charge in [-0.15, -0.1) is 0 Å². The van der Waals surface area contributed by atoms with Gasteiger partial charge in [0.05, 0.1) is 10.6 Å². The normalized spacial score (nSPS) is 12.8. The number of nitrogens with zero attached hydrogens (tertiary/aromatic N) is 2. The zero-order valence-corrected chi connectivity index (χ0v) is 13.9. The quantitative estimate of drug-likeness (QED) is 0.497. The first-order valence-electron chi connectivity index (χ1n) is 7.62. The Balaban J connectivity index is 0.000000316. The van der Waals surface area contributed by atoms with Crippen molar-refractivity contribution >= 4 is 23.7 Å². The molecular formula is C16H18N4O5. The number of nitro groups is 1. The van der Waals surface area contributed by atoms with Crippen molar-refractivity contribution in [3.8, 4) is 11.1 Å². The fraction of sp³-hybridized carbons (Fsp3) is 0.312. The summed E-state index contributed by atoms with van der Waals surface area (Å²) in [6, 6.07) is 4.47. The molecule has 1 aliphatic heterocycles. The van der Waals surface area contributed by atoms with Crippen LogP contribution in [0.5, 0.6) is 0 Å². The van der Waals surface area contributed by atoms with E-state index in [2.05, 4.69) is 15.8 Å². The van der Waals surface area contributed by atoms with E-state index in [4.69, 9.17) is 4.52 Å². The average Bonchev–Trinajstić information content (AvgIpc) is 3.17. The molecule has 1 fully saturated rings. The van der Waals surface area contributed by atoms with Gasteiger partial charge in [0, 0.05) is 24.6 Å². The fourth-order valence-electron chi connectivity index (χ4n) is 2.49. The predicted octanol–water partition coefficient (Wildman–Crippen LogP) is 2.33. The summed E-state index contributed by atoms with van der Waals surface area (Å²) < 4.78 is 5.05. The lowest BCUT2D eigenvalue weighted by Crippen LogP contribution is -2.12. The third-order valence-corrected chi connectivity index (χ3v) is 3.63. The molecule has 0 radical (unpaired) electrons. The van der Waals surface area contributed by atoms with E-state index in [0.29, 0.717) is 23.4 Å². The van der Waals surface area contributed by atoms with Crippen LogP contribution in [0.15, 0.2) is 22.7 Å². The Morgan fingerprint density at radius 1 is 1.40 bits per heavy atom. The summed E-state index contributed by atoms with van der Waals surface area (Å²) in [5.74, 6) is 0.818. The summed E-state index contributed by atoms with van der Waals surface area (Å²) in [7, 11) is 0. The maximum atomic E-state index is 10.8. The number of carbonyl (C=O) groups excluding carboxylic acids is 2. The molecule has 2 N–H and O–H groups in total. The van der Waals surface area contributed by atoms with E-state index < -0.39 is 4.92 Å². The van der Waals surface area contributed by atoms with E-state index in [1.807, 2.05) is 0 Å². The number of aryl methyl sites for hydroxylation is 2. The highest BCUT2D eigenvalue weighted by molar-refractivity contribution is 5.82. The number of amides is 2. The Hall–Kier alpha value is -3.23. The topological polar surface area (TPSA) is 127 Å². The van der Waals surface area contributed by atoms with Gasteiger partial charge in [0.25, 0.3) is 5.69 Å². The van der Waals surface area contributed by atoms with Gasteiger partial charge >= 0.3 is 0 Å². The first kappa shape index (κ1) is 18.1. The van der Waals surface area contributed by atoms with E-state index in [1.165, 1.54) is 12.1 Å². The molecule has 1 aromatic heterocycles. The average molecular weight is 346 g/mol. The molecule has 1 aromatic carbocycles. The lowest BCUT2D eigenvalue weighted by Gasteiger charge is -2.05. The zero-order valence-electron chi connectivity index (χ0n) is 13.9. The molecule has 0 bridgehead atoms. The molecule has 0 saturated carbocycles. The Morgan fingerprint density at radius 2 is 2.16 bits per heavy atom. The van der Waals surface area contributed by atoms with Crippen LogP contribution in [-0.2, 0) is 9.59 Å². The molecule has 3 rings (SSSR count). The van der Waals surface area contributed by atoms with Gasteiger partial charge in [-0.3, -0.25) is 19.7 Å². The predicted molar refractivity (Wildman–Crippen MR) is 90.0 cm³/mol. The maximum Gasteiger partial charge on any atom is 0.292 e. The molecule has 1 saturated heterocycles. The standard InChI is InChI=1S/C12H11N3O4.C4H7NO/c1-7-12(8(2)19-14-7)9-3-4-11(15(17)18)10(5-9)13-6-16;6-4-2-1-3-5-4/h3-6H,1-2H3,(H,13,16);1-3H2,(H,5,6). The summed E-state index contributed by atoms with van der Waals surface area (Å²) in [6.07, 6.45) is 2.16. The first-order valence-corrected chi connectivity index (χ1v) is 7.62. The highest BCUT2D eigenvalue weighted by Crippen LogP contribution is 2.33. The van der Waals surface area contributed by atoms with Gasteiger partial charge in [0.1, 0.15) is 11.4 Å². The van der Waals surface area contributed by atoms with Gasteiger partial charge in [-0.1, -0.05) is 5.16 Å². The maximum absolute atomic E-state index is 10.8. The second kappa shape index (κ2) is 8.04. The highest BCUT2D eigenvalue weighted by atomic mass is 16.6. The van der Waals surface area contributed by atoms with Crippen LogP contribution in [0.3, 0.4) is 0 Å². The molecule has 0 spiro atoms. The van der Waals surface area contributed by atoms with E-state index in [1.54, 1.807) is 19.9 Å². The Morgan fingerprint density at radius 3 is 2.60 bits per heavy atom. The van der Waals surface area contributed by atoms with E-state index in [-0.39, 0.29) is 17.3 Å². The van der Waals surface area contributed by atoms with Gasteiger partial charge in [-0.25, -0.2) is 0 Å². The second-order valence-electron chi connectivity index (χ2n) is 5.40. The number of nitro benzene ring substituents is 1. The lowest BCUT2D eigenvalue weighted by atomic mass is 10.0. The molecule has 2 aromatic rings. The van der Waals surface area contributed by atoms with Crippen LogP contribution >= 0.6 is 0 Å². The van der Waals surface area contributed by atoms with Crippen molar-refractivity contribution in [1.82, 2.24) is 10.5 Å². The molecule has 0 aliphatic carbocycles. The second-order valence-corrected chi connectivity index (χ2v) is 5.40. The minimum Gasteiger partial charge on any atom is -0.361 e. The summed E-state index contributed by atoms with van der Waals surface area (Å²) in [5.41, 5.74) is 2.12. The van der Waals surface area contributed by atoms with Crippen LogP contribution in [0.2, 0.25) is 0 Å². The van der Waals surface area contributed by atoms with Crippen LogP contribution in [0.4, 0.5) is 11.4 Å². The van der Waals surface area contributed by atoms with Crippen molar-refractivity contribution in [2.24, 2.45) is 0 Å². The van der Waals surface area contributed by atoms with Gasteiger partial charge in [-0.05, 0) is 38.0 Å². The fourth-order valence-corrected chi connectivity index (χ4v) is 2.49. The van der Waals surface area contributed by atoms with Crippen molar-refractivity contribution in [3.05, 3.63) is 39.8 Å². The number of hydrogen-bond acceptors (Lipinski definition) is 6. The van der Waals surface area contributed by atoms with Crippen molar-refractivity contribution in [1.29, 1.82) is 0 Å². The SMILES string of the molecule is Cc1noc(C)c1-c1ccc([N+](=O)[O-])c(NC=O)c1.O=C1CCCN1. The lowest BCUT2D eigenvalue weighted by molar-refractivity contribution is -0.383. The Kier molecular flexibility index (Phi) is 5.83. The number of carbonyl (C=O) groups is 2. The van der Waals surface area contributed by atoms with Crippen molar-refractivity contribution in [2.45, 2.75) is 26.7 Å². The van der Waals surface area contributed by atoms with Crippen LogP contribution in [0.1, 0.15) is 24.3 Å². The molecule has 2 heterocycles. The number of aromatic nitrogens is 1. The van der Waals surface area contributed by atoms with Crippen LogP contribution in [0, 0.1) is 24.0 Å². The number of nitrogens with one attached hydrogen (secondary N) is 2. The number of rotatable bonds is 4. The molecule has 0 atom stereocenters. The molecular weight excluding hydrogens is 328 g/mol. The number of anilines is 1. The third-order valence-electron chi connectivity index (χ3n) is 3.63. The summed E-state index contributed by atoms with van der Waals surface area (Å²) >= 11 is 0. The molecule has 0 unspecified atom stereocenters. The monoisotopic (exact) mass is 346 g/mol. The van der Waals surface area contributed by atoms with Gasteiger partial charge < -0.3 is 15.2 Å². The molecule has 9 nitrogen and oxygen atoms in total. The van der Waals surface area contributed by atoms with E-state index in [0.717, 1.165) is 24.9 Å². The van der Waals surface area contributed by atoms with E-state index >= 15 is 0 Å². The van der Waals surface area contributed by atoms with Crippen LogP contribution in [0.25, 0.3) is 11.1 Å².